The summed E-state index contributed by atoms with van der Waals surface area (Å²) in [7, 11) is 0. The van der Waals surface area contributed by atoms with Gasteiger partial charge in [-0.3, -0.25) is 14.9 Å². The quantitative estimate of drug-likeness (QED) is 0.677. The van der Waals surface area contributed by atoms with Gasteiger partial charge in [-0.1, -0.05) is 31.1 Å². The van der Waals surface area contributed by atoms with E-state index in [1.54, 1.807) is 0 Å². The summed E-state index contributed by atoms with van der Waals surface area (Å²) in [6.07, 6.45) is 4.12. The van der Waals surface area contributed by atoms with E-state index in [2.05, 4.69) is 17.6 Å². The lowest BCUT2D eigenvalue weighted by atomic mass is 9.80. The van der Waals surface area contributed by atoms with Gasteiger partial charge >= 0.3 is 6.03 Å². The number of rotatable bonds is 4. The number of amides is 4. The first kappa shape index (κ1) is 16.3. The van der Waals surface area contributed by atoms with Gasteiger partial charge in [0.2, 0.25) is 5.91 Å². The topological polar surface area (TPSA) is 127 Å². The van der Waals surface area contributed by atoms with E-state index in [1.807, 2.05) is 0 Å². The SMILES string of the molecule is CC1CCCCC1C(=O)Nc1cc(C(N)=O)c(NC(N)=O)s1. The fourth-order valence-electron chi connectivity index (χ4n) is 2.76. The molecule has 1 fully saturated rings. The molecule has 1 aliphatic carbocycles. The molecule has 0 radical (unpaired) electrons. The Labute approximate surface area is 132 Å². The highest BCUT2D eigenvalue weighted by molar-refractivity contribution is 7.20. The minimum Gasteiger partial charge on any atom is -0.366 e. The van der Waals surface area contributed by atoms with Crippen molar-refractivity contribution in [1.29, 1.82) is 0 Å². The number of hydrogen-bond acceptors (Lipinski definition) is 4. The Morgan fingerprint density at radius 1 is 1.18 bits per heavy atom. The van der Waals surface area contributed by atoms with Gasteiger partial charge in [-0.15, -0.1) is 0 Å². The van der Waals surface area contributed by atoms with Crippen LogP contribution in [-0.4, -0.2) is 17.8 Å². The van der Waals surface area contributed by atoms with E-state index in [1.165, 1.54) is 6.07 Å². The minimum absolute atomic E-state index is 0.0274. The summed E-state index contributed by atoms with van der Waals surface area (Å²) in [5.41, 5.74) is 10.5. The zero-order valence-electron chi connectivity index (χ0n) is 12.3. The van der Waals surface area contributed by atoms with E-state index in [0.29, 0.717) is 10.9 Å². The number of urea groups is 1. The molecule has 7 nitrogen and oxygen atoms in total. The lowest BCUT2D eigenvalue weighted by Gasteiger charge is -2.27. The van der Waals surface area contributed by atoms with Crippen molar-refractivity contribution in [3.05, 3.63) is 11.6 Å². The van der Waals surface area contributed by atoms with Gasteiger partial charge in [-0.05, 0) is 24.8 Å². The molecule has 0 bridgehead atoms. The van der Waals surface area contributed by atoms with Crippen molar-refractivity contribution in [3.63, 3.8) is 0 Å². The average Bonchev–Trinajstić information content (AvgIpc) is 2.81. The molecule has 1 aromatic heterocycles. The second kappa shape index (κ2) is 6.78. The van der Waals surface area contributed by atoms with Crippen LogP contribution in [0.25, 0.3) is 0 Å². The molecule has 0 aromatic carbocycles. The van der Waals surface area contributed by atoms with Crippen molar-refractivity contribution in [2.75, 3.05) is 10.6 Å². The Morgan fingerprint density at radius 2 is 1.86 bits per heavy atom. The highest BCUT2D eigenvalue weighted by atomic mass is 32.1. The zero-order chi connectivity index (χ0) is 16.3. The molecule has 1 aliphatic rings. The number of carbonyl (C=O) groups excluding carboxylic acids is 3. The fraction of sp³-hybridized carbons (Fsp3) is 0.500. The average molecular weight is 324 g/mol. The van der Waals surface area contributed by atoms with E-state index >= 15 is 0 Å². The van der Waals surface area contributed by atoms with Crippen molar-refractivity contribution in [1.82, 2.24) is 0 Å². The number of primary amides is 2. The maximum Gasteiger partial charge on any atom is 0.317 e. The van der Waals surface area contributed by atoms with E-state index < -0.39 is 11.9 Å². The molecule has 4 amide bonds. The van der Waals surface area contributed by atoms with E-state index in [9.17, 15) is 14.4 Å². The van der Waals surface area contributed by atoms with Gasteiger partial charge in [0.15, 0.2) is 0 Å². The largest absolute Gasteiger partial charge is 0.366 e. The van der Waals surface area contributed by atoms with Crippen molar-refractivity contribution in [3.8, 4) is 0 Å². The maximum atomic E-state index is 12.4. The molecule has 120 valence electrons. The highest BCUT2D eigenvalue weighted by Crippen LogP contribution is 2.34. The van der Waals surface area contributed by atoms with Crippen molar-refractivity contribution in [2.45, 2.75) is 32.6 Å². The number of nitrogens with two attached hydrogens (primary N) is 2. The van der Waals surface area contributed by atoms with Crippen LogP contribution < -0.4 is 22.1 Å². The number of nitrogens with one attached hydrogen (secondary N) is 2. The zero-order valence-corrected chi connectivity index (χ0v) is 13.2. The van der Waals surface area contributed by atoms with Gasteiger partial charge in [0.05, 0.1) is 10.6 Å². The number of anilines is 2. The second-order valence-electron chi connectivity index (χ2n) is 5.56. The van der Waals surface area contributed by atoms with Gasteiger partial charge < -0.3 is 16.8 Å². The molecule has 2 rings (SSSR count). The first-order valence-corrected chi connectivity index (χ1v) is 8.01. The summed E-state index contributed by atoms with van der Waals surface area (Å²) in [4.78, 5) is 34.7. The summed E-state index contributed by atoms with van der Waals surface area (Å²) >= 11 is 1.06. The van der Waals surface area contributed by atoms with Crippen LogP contribution in [0.3, 0.4) is 0 Å². The fourth-order valence-corrected chi connectivity index (χ4v) is 3.73. The Balaban J connectivity index is 2.13. The van der Waals surface area contributed by atoms with Crippen LogP contribution in [0.15, 0.2) is 6.07 Å². The molecule has 6 N–H and O–H groups in total. The minimum atomic E-state index is -0.789. The van der Waals surface area contributed by atoms with Crippen molar-refractivity contribution < 1.29 is 14.4 Å². The summed E-state index contributed by atoms with van der Waals surface area (Å²) in [6.45, 7) is 2.08. The number of hydrogen-bond donors (Lipinski definition) is 4. The normalized spacial score (nSPS) is 21.1. The van der Waals surface area contributed by atoms with Crippen LogP contribution in [-0.2, 0) is 4.79 Å². The summed E-state index contributed by atoms with van der Waals surface area (Å²) in [5, 5.41) is 5.87. The van der Waals surface area contributed by atoms with E-state index in [0.717, 1.165) is 37.0 Å². The van der Waals surface area contributed by atoms with Crippen LogP contribution >= 0.6 is 11.3 Å². The number of carbonyl (C=O) groups is 3. The van der Waals surface area contributed by atoms with Gasteiger partial charge in [-0.2, -0.15) is 0 Å². The summed E-state index contributed by atoms with van der Waals surface area (Å²) in [5.74, 6) is -0.436. The molecular weight excluding hydrogens is 304 g/mol. The molecule has 2 atom stereocenters. The molecule has 0 spiro atoms. The second-order valence-corrected chi connectivity index (χ2v) is 6.62. The third-order valence-electron chi connectivity index (χ3n) is 3.93. The molecule has 22 heavy (non-hydrogen) atoms. The van der Waals surface area contributed by atoms with Crippen LogP contribution in [0, 0.1) is 11.8 Å². The van der Waals surface area contributed by atoms with E-state index in [-0.39, 0.29) is 22.4 Å². The van der Waals surface area contributed by atoms with Crippen LogP contribution in [0.1, 0.15) is 43.0 Å². The Morgan fingerprint density at radius 3 is 2.45 bits per heavy atom. The van der Waals surface area contributed by atoms with Crippen LogP contribution in [0.4, 0.5) is 14.8 Å². The molecule has 8 heteroatoms. The Hall–Kier alpha value is -2.09. The van der Waals surface area contributed by atoms with Gasteiger partial charge in [0.1, 0.15) is 5.00 Å². The molecule has 0 aliphatic heterocycles. The predicted molar refractivity (Wildman–Crippen MR) is 85.8 cm³/mol. The summed E-state index contributed by atoms with van der Waals surface area (Å²) < 4.78 is 0. The molecule has 0 saturated heterocycles. The maximum absolute atomic E-state index is 12.4. The third-order valence-corrected chi connectivity index (χ3v) is 4.89. The van der Waals surface area contributed by atoms with Crippen LogP contribution in [0.5, 0.6) is 0 Å². The first-order valence-electron chi connectivity index (χ1n) is 7.19. The Bertz CT molecular complexity index is 599. The standard InChI is InChI=1S/C14H20N4O3S/c1-7-4-2-3-5-8(7)12(20)17-10-6-9(11(15)19)13(22-10)18-14(16)21/h6-8H,2-5H2,1H3,(H2,15,19)(H,17,20)(H3,16,18,21). The number of thiophene rings is 1. The highest BCUT2D eigenvalue weighted by Gasteiger charge is 2.28. The Kier molecular flexibility index (Phi) is 5.02. The lowest BCUT2D eigenvalue weighted by molar-refractivity contribution is -0.122. The van der Waals surface area contributed by atoms with Crippen LogP contribution in [0.2, 0.25) is 0 Å². The molecule has 1 saturated carbocycles. The van der Waals surface area contributed by atoms with Crippen molar-refractivity contribution >= 4 is 39.2 Å². The predicted octanol–water partition coefficient (Wildman–Crippen LogP) is 2.10. The van der Waals surface area contributed by atoms with Gasteiger partial charge in [0.25, 0.3) is 5.91 Å². The van der Waals surface area contributed by atoms with Gasteiger partial charge in [-0.25, -0.2) is 4.79 Å². The molecule has 1 heterocycles. The summed E-state index contributed by atoms with van der Waals surface area (Å²) in [6, 6.07) is 0.673. The monoisotopic (exact) mass is 324 g/mol. The van der Waals surface area contributed by atoms with Crippen molar-refractivity contribution in [2.24, 2.45) is 23.3 Å². The molecular formula is C14H20N4O3S. The molecule has 1 aromatic rings. The van der Waals surface area contributed by atoms with E-state index in [4.69, 9.17) is 11.5 Å². The van der Waals surface area contributed by atoms with Gasteiger partial charge in [0, 0.05) is 5.92 Å². The smallest absolute Gasteiger partial charge is 0.317 e. The third kappa shape index (κ3) is 3.76. The lowest BCUT2D eigenvalue weighted by Crippen LogP contribution is -2.30. The molecule has 2 unspecified atom stereocenters. The first-order chi connectivity index (χ1) is 10.4.